The van der Waals surface area contributed by atoms with Crippen molar-refractivity contribution in [3.63, 3.8) is 0 Å². The minimum atomic E-state index is -3.67. The molecule has 0 aliphatic carbocycles. The van der Waals surface area contributed by atoms with Crippen LogP contribution >= 0.6 is 11.8 Å². The second-order valence-corrected chi connectivity index (χ2v) is 5.18. The lowest BCUT2D eigenvalue weighted by Crippen LogP contribution is -3.00. The Balaban J connectivity index is 0.000000715. The third-order valence-electron chi connectivity index (χ3n) is 2.62. The van der Waals surface area contributed by atoms with Crippen LogP contribution in [0, 0.1) is 5.21 Å². The summed E-state index contributed by atoms with van der Waals surface area (Å²) in [6.07, 6.45) is 2.70. The third-order valence-corrected chi connectivity index (χ3v) is 3.96. The van der Waals surface area contributed by atoms with Crippen LogP contribution in [-0.4, -0.2) is 49.4 Å². The first kappa shape index (κ1) is 19.6. The number of nitrogens with zero attached hydrogens (tertiary/aromatic N) is 3. The zero-order chi connectivity index (χ0) is 15.1. The van der Waals surface area contributed by atoms with Gasteiger partial charge in [0, 0.05) is 18.6 Å². The topological polar surface area (TPSA) is 33.2 Å². The van der Waals surface area contributed by atoms with Gasteiger partial charge in [0.25, 0.3) is 5.03 Å². The molecule has 1 aromatic rings. The molecule has 10 heteroatoms. The van der Waals surface area contributed by atoms with Crippen molar-refractivity contribution < 1.29 is 27.0 Å². The van der Waals surface area contributed by atoms with Gasteiger partial charge in [-0.2, -0.15) is 4.73 Å². The molecule has 21 heavy (non-hydrogen) atoms. The van der Waals surface area contributed by atoms with Gasteiger partial charge in [-0.05, 0) is 6.07 Å². The first-order valence-electron chi connectivity index (χ1n) is 5.99. The predicted octanol–water partition coefficient (Wildman–Crippen LogP) is -1.37. The quantitative estimate of drug-likeness (QED) is 0.277. The molecule has 118 valence electrons. The summed E-state index contributed by atoms with van der Waals surface area (Å²) in [6, 6.07) is 5.48. The molecule has 0 saturated heterocycles. The SMILES string of the molecule is CN1CCC[N+](C)=C1Sc1cccc[n+]1[O-].FB(F)F.[F-]. The molecule has 0 saturated carbocycles. The van der Waals surface area contributed by atoms with E-state index in [1.807, 2.05) is 12.1 Å². The molecule has 4 nitrogen and oxygen atoms in total. The van der Waals surface area contributed by atoms with Crippen LogP contribution in [0.15, 0.2) is 29.4 Å². The zero-order valence-electron chi connectivity index (χ0n) is 11.7. The molecule has 0 atom stereocenters. The maximum atomic E-state index is 11.6. The lowest BCUT2D eigenvalue weighted by molar-refractivity contribution is -0.645. The van der Waals surface area contributed by atoms with Crippen molar-refractivity contribution in [2.75, 3.05) is 27.2 Å². The van der Waals surface area contributed by atoms with Gasteiger partial charge < -0.3 is 9.91 Å². The summed E-state index contributed by atoms with van der Waals surface area (Å²) in [4.78, 5) is 2.20. The van der Waals surface area contributed by atoms with Crippen LogP contribution in [0.4, 0.5) is 12.9 Å². The van der Waals surface area contributed by atoms with Crippen molar-refractivity contribution in [1.82, 2.24) is 4.90 Å². The van der Waals surface area contributed by atoms with Gasteiger partial charge >= 0.3 is 12.7 Å². The van der Waals surface area contributed by atoms with Crippen LogP contribution < -0.4 is 9.43 Å². The van der Waals surface area contributed by atoms with E-state index in [1.165, 1.54) is 24.4 Å². The Labute approximate surface area is 125 Å². The highest BCUT2D eigenvalue weighted by atomic mass is 32.2. The van der Waals surface area contributed by atoms with Gasteiger partial charge in [-0.3, -0.25) is 22.4 Å². The van der Waals surface area contributed by atoms with E-state index in [1.54, 1.807) is 6.07 Å². The highest BCUT2D eigenvalue weighted by Crippen LogP contribution is 2.18. The maximum Gasteiger partial charge on any atom is 0.762 e. The van der Waals surface area contributed by atoms with Crippen LogP contribution in [0.2, 0.25) is 0 Å². The number of pyridine rings is 1. The Kier molecular flexibility index (Phi) is 8.83. The highest BCUT2D eigenvalue weighted by molar-refractivity contribution is 8.13. The fourth-order valence-electron chi connectivity index (χ4n) is 1.77. The van der Waals surface area contributed by atoms with Crippen LogP contribution in [0.1, 0.15) is 6.42 Å². The van der Waals surface area contributed by atoms with Gasteiger partial charge in [-0.1, -0.05) is 0 Å². The number of aromatic nitrogens is 1. The summed E-state index contributed by atoms with van der Waals surface area (Å²) in [7, 11) is 0.464. The van der Waals surface area contributed by atoms with E-state index in [4.69, 9.17) is 0 Å². The smallest absolute Gasteiger partial charge is 0.762 e. The normalized spacial score (nSPS) is 14.0. The van der Waals surface area contributed by atoms with Crippen molar-refractivity contribution in [3.05, 3.63) is 29.6 Å². The van der Waals surface area contributed by atoms with Gasteiger partial charge in [0.15, 0.2) is 6.20 Å². The molecular formula is C11H16BF4N3OS. The maximum absolute atomic E-state index is 11.6. The van der Waals surface area contributed by atoms with Gasteiger partial charge in [0.05, 0.1) is 38.9 Å². The second kappa shape index (κ2) is 9.48. The summed E-state index contributed by atoms with van der Waals surface area (Å²) in [6.45, 7) is 2.11. The fourth-order valence-corrected chi connectivity index (χ4v) is 2.75. The molecule has 0 radical (unpaired) electrons. The lowest BCUT2D eigenvalue weighted by atomic mass is 10.3. The number of thioether (sulfide) groups is 1. The average Bonchev–Trinajstić information content (AvgIpc) is 2.35. The molecule has 0 unspecified atom stereocenters. The lowest BCUT2D eigenvalue weighted by Gasteiger charge is -2.20. The average molecular weight is 325 g/mol. The molecule has 1 aromatic heterocycles. The van der Waals surface area contributed by atoms with E-state index in [-0.39, 0.29) is 4.70 Å². The number of rotatable bonds is 1. The van der Waals surface area contributed by atoms with Crippen molar-refractivity contribution in [3.8, 4) is 0 Å². The molecule has 0 bridgehead atoms. The monoisotopic (exact) mass is 325 g/mol. The minimum absolute atomic E-state index is 0. The summed E-state index contributed by atoms with van der Waals surface area (Å²) < 4.78 is 32.1. The first-order valence-corrected chi connectivity index (χ1v) is 6.81. The number of hydrogen-bond donors (Lipinski definition) is 0. The van der Waals surface area contributed by atoms with Gasteiger partial charge in [0.1, 0.15) is 0 Å². The van der Waals surface area contributed by atoms with Gasteiger partial charge in [-0.25, -0.2) is 0 Å². The molecule has 0 spiro atoms. The number of amidine groups is 1. The Hall–Kier alpha value is -1.45. The second-order valence-electron chi connectivity index (χ2n) is 4.19. The third kappa shape index (κ3) is 6.70. The Bertz CT molecular complexity index is 476. The Morgan fingerprint density at radius 1 is 1.33 bits per heavy atom. The first-order chi connectivity index (χ1) is 9.41. The molecule has 1 aliphatic heterocycles. The molecule has 2 heterocycles. The molecule has 0 amide bonds. The summed E-state index contributed by atoms with van der Waals surface area (Å²) in [5.74, 6) is 0. The minimum Gasteiger partial charge on any atom is -1.00 e. The van der Waals surface area contributed by atoms with Crippen LogP contribution in [0.3, 0.4) is 0 Å². The van der Waals surface area contributed by atoms with E-state index >= 15 is 0 Å². The summed E-state index contributed by atoms with van der Waals surface area (Å²) >= 11 is 1.53. The Morgan fingerprint density at radius 3 is 2.48 bits per heavy atom. The van der Waals surface area contributed by atoms with E-state index in [0.717, 1.165) is 28.0 Å². The van der Waals surface area contributed by atoms with Gasteiger partial charge in [0.2, 0.25) is 0 Å². The molecule has 0 N–H and O–H groups in total. The van der Waals surface area contributed by atoms with Crippen LogP contribution in [0.25, 0.3) is 0 Å². The summed E-state index contributed by atoms with van der Waals surface area (Å²) in [5.41, 5.74) is 0. The zero-order valence-corrected chi connectivity index (χ0v) is 12.5. The predicted molar refractivity (Wildman–Crippen MR) is 73.6 cm³/mol. The molecule has 0 fully saturated rings. The number of halogens is 4. The van der Waals surface area contributed by atoms with Gasteiger partial charge in [-0.15, -0.1) is 0 Å². The van der Waals surface area contributed by atoms with Crippen molar-refractivity contribution in [2.24, 2.45) is 0 Å². The number of hydrogen-bond acceptors (Lipinski definition) is 3. The Morgan fingerprint density at radius 2 is 1.95 bits per heavy atom. The standard InChI is InChI=1S/C11H16N3OS.BF3.FH/c1-12-7-5-8-13(2)11(12)16-10-6-3-4-9-14(10)15;2-1(3)4;/h3-4,6,9H,5,7-8H2,1-2H3;;1H/q+1;;/p-1. The molecule has 1 aliphatic rings. The van der Waals surface area contributed by atoms with Crippen molar-refractivity contribution in [1.29, 1.82) is 0 Å². The largest absolute Gasteiger partial charge is 1.00 e. The van der Waals surface area contributed by atoms with Crippen molar-refractivity contribution in [2.45, 2.75) is 11.4 Å². The van der Waals surface area contributed by atoms with Crippen LogP contribution in [-0.2, 0) is 0 Å². The van der Waals surface area contributed by atoms with E-state index in [2.05, 4.69) is 23.6 Å². The van der Waals surface area contributed by atoms with E-state index in [0.29, 0.717) is 0 Å². The van der Waals surface area contributed by atoms with Crippen LogP contribution in [0.5, 0.6) is 0 Å². The highest BCUT2D eigenvalue weighted by Gasteiger charge is 2.26. The molecule has 0 aromatic carbocycles. The van der Waals surface area contributed by atoms with Crippen molar-refractivity contribution >= 4 is 24.5 Å². The van der Waals surface area contributed by atoms with E-state index < -0.39 is 7.54 Å². The molecular weight excluding hydrogens is 309 g/mol. The fraction of sp³-hybridized carbons (Fsp3) is 0.455. The van der Waals surface area contributed by atoms with E-state index in [9.17, 15) is 18.2 Å². The molecule has 2 rings (SSSR count). The summed E-state index contributed by atoms with van der Waals surface area (Å²) in [5, 5.41) is 13.4.